The minimum atomic E-state index is -1.76. The number of para-hydroxylation sites is 1. The number of carbonyl (C=O) groups is 9. The molecule has 1 aliphatic rings. The Hall–Kier alpha value is -10.2. The fourth-order valence-electron chi connectivity index (χ4n) is 10.8. The van der Waals surface area contributed by atoms with E-state index in [0.717, 1.165) is 10.9 Å². The number of rotatable bonds is 21. The first-order valence-corrected chi connectivity index (χ1v) is 31.0. The van der Waals surface area contributed by atoms with Crippen molar-refractivity contribution in [3.8, 4) is 5.75 Å². The van der Waals surface area contributed by atoms with Crippen LogP contribution in [0.2, 0.25) is 0 Å². The maximum absolute atomic E-state index is 15.2. The van der Waals surface area contributed by atoms with Gasteiger partial charge in [-0.05, 0) is 105 Å². The third-order valence-electron chi connectivity index (χ3n) is 15.9. The van der Waals surface area contributed by atoms with Gasteiger partial charge in [0.15, 0.2) is 5.96 Å². The second-order valence-corrected chi connectivity index (χ2v) is 23.2. The quantitative estimate of drug-likeness (QED) is 0.0249. The lowest BCUT2D eigenvalue weighted by Crippen LogP contribution is -2.64. The van der Waals surface area contributed by atoms with Gasteiger partial charge < -0.3 is 86.0 Å². The van der Waals surface area contributed by atoms with Crippen LogP contribution >= 0.6 is 0 Å². The maximum atomic E-state index is 15.2. The molecule has 9 amide bonds. The van der Waals surface area contributed by atoms with Gasteiger partial charge in [0, 0.05) is 49.3 Å². The predicted octanol–water partition coefficient (Wildman–Crippen LogP) is -0.326. The van der Waals surface area contributed by atoms with E-state index in [0.29, 0.717) is 40.7 Å². The molecule has 0 saturated carbocycles. The number of aromatic hydroxyl groups is 1. The monoisotopic (exact) mass is 1280 g/mol. The van der Waals surface area contributed by atoms with Crippen molar-refractivity contribution in [2.45, 2.75) is 145 Å². The largest absolute Gasteiger partial charge is 0.508 e. The van der Waals surface area contributed by atoms with E-state index >= 15 is 24.0 Å². The fourth-order valence-corrected chi connectivity index (χ4v) is 10.8. The number of aromatic amines is 1. The first kappa shape index (κ1) is 70.3. The second kappa shape index (κ2) is 34.9. The number of aliphatic hydroxyl groups is 1. The van der Waals surface area contributed by atoms with Crippen LogP contribution < -0.4 is 70.8 Å². The summed E-state index contributed by atoms with van der Waals surface area (Å²) >= 11 is 0. The molecule has 494 valence electrons. The molecule has 26 nitrogen and oxygen atoms in total. The average molecular weight is 1280 g/mol. The molecule has 0 spiro atoms. The molecule has 20 N–H and O–H groups in total. The number of carbonyl (C=O) groups excluding carboxylic acids is 9. The number of guanidine groups is 1. The smallest absolute Gasteiger partial charge is 0.245 e. The zero-order valence-electron chi connectivity index (χ0n) is 52.0. The molecular formula is C67H85N15O11. The molecule has 0 bridgehead atoms. The van der Waals surface area contributed by atoms with Crippen LogP contribution in [-0.4, -0.2) is 154 Å². The van der Waals surface area contributed by atoms with E-state index in [-0.39, 0.29) is 76.2 Å². The standard InChI is InChI=1S/C67H85N15O11/c1-39-56(81-58(85)48(69)33-44-27-29-46(84)30-28-44)65(92)76-51(26-16-32-72-67(70)71)59(86)77-53(35-42-19-8-4-9-20-42)62(89)78-54(36-43-21-10-5-11-22-43)63(90)79-55(37-45-38-73-49-24-13-12-23-47(45)49)64(91)75-50(25-14-15-31-68)60(87)82-57(40(2)83)66(93)80-52(61(88)74-39)34-41-17-6-3-7-18-41/h3-13,17-24,27-30,38-40,48,50-57,73,83-84H,14-16,25-26,31-37,68-69H2,1-2H3,(H,74,88)(H,75,91)(H,76,92)(H,77,86)(H,78,89)(H,79,90)(H,80,93)(H,81,85)(H,82,87)(H4,70,71,72)/t39?,40-,48+,50+,51+,52+,53+,54+,55-,56-,57+/m1/s1. The Labute approximate surface area is 539 Å². The van der Waals surface area contributed by atoms with Crippen LogP contribution in [0.4, 0.5) is 0 Å². The number of phenolic OH excluding ortho intramolecular Hbond substituents is 1. The van der Waals surface area contributed by atoms with Crippen LogP contribution in [0, 0.1) is 0 Å². The van der Waals surface area contributed by atoms with Crippen LogP contribution in [-0.2, 0) is 75.3 Å². The highest BCUT2D eigenvalue weighted by atomic mass is 16.3. The zero-order valence-corrected chi connectivity index (χ0v) is 52.0. The number of hydrogen-bond acceptors (Lipinski definition) is 14. The molecule has 0 aliphatic carbocycles. The summed E-state index contributed by atoms with van der Waals surface area (Å²) in [6, 6.07) is 24.1. The molecule has 26 heteroatoms. The summed E-state index contributed by atoms with van der Waals surface area (Å²) in [5, 5.41) is 46.6. The normalized spacial score (nSPS) is 22.3. The number of nitrogens with two attached hydrogens (primary N) is 4. The minimum Gasteiger partial charge on any atom is -0.508 e. The number of fused-ring (bicyclic) bond motifs is 1. The fraction of sp³-hybridized carbons (Fsp3) is 0.373. The molecule has 93 heavy (non-hydrogen) atoms. The van der Waals surface area contributed by atoms with Gasteiger partial charge in [0.25, 0.3) is 0 Å². The summed E-state index contributed by atoms with van der Waals surface area (Å²) < 4.78 is 0. The number of benzene rings is 5. The third kappa shape index (κ3) is 21.5. The van der Waals surface area contributed by atoms with Gasteiger partial charge in [0.2, 0.25) is 53.2 Å². The highest BCUT2D eigenvalue weighted by Crippen LogP contribution is 2.21. The van der Waals surface area contributed by atoms with Crippen LogP contribution in [0.5, 0.6) is 5.75 Å². The number of unbranched alkanes of at least 4 members (excludes halogenated alkanes) is 1. The molecule has 5 aromatic carbocycles. The topological polar surface area (TPSA) is 435 Å². The van der Waals surface area contributed by atoms with Gasteiger partial charge in [0.1, 0.15) is 54.1 Å². The number of nitrogens with one attached hydrogen (secondary N) is 10. The number of amides is 9. The minimum absolute atomic E-state index is 0.0205. The highest BCUT2D eigenvalue weighted by molar-refractivity contribution is 5.99. The van der Waals surface area contributed by atoms with Gasteiger partial charge in [-0.3, -0.25) is 48.1 Å². The van der Waals surface area contributed by atoms with Gasteiger partial charge in [-0.1, -0.05) is 121 Å². The van der Waals surface area contributed by atoms with Gasteiger partial charge in [0.05, 0.1) is 18.2 Å². The molecule has 2 heterocycles. The van der Waals surface area contributed by atoms with Crippen LogP contribution in [0.1, 0.15) is 73.8 Å². The number of aliphatic imine (C=N–C) groups is 1. The Bertz CT molecular complexity index is 3520. The number of phenols is 1. The van der Waals surface area contributed by atoms with Crippen molar-refractivity contribution in [3.63, 3.8) is 0 Å². The number of nitrogens with zero attached hydrogens (tertiary/aromatic N) is 1. The van der Waals surface area contributed by atoms with Crippen molar-refractivity contribution in [2.75, 3.05) is 13.1 Å². The molecule has 1 saturated heterocycles. The Kier molecular flexibility index (Phi) is 26.3. The lowest BCUT2D eigenvalue weighted by molar-refractivity contribution is -0.137. The number of aliphatic hydroxyl groups excluding tert-OH is 1. The van der Waals surface area contributed by atoms with E-state index in [4.69, 9.17) is 22.9 Å². The van der Waals surface area contributed by atoms with Gasteiger partial charge in [-0.25, -0.2) is 0 Å². The van der Waals surface area contributed by atoms with Gasteiger partial charge in [-0.2, -0.15) is 0 Å². The molecular weight excluding hydrogens is 1190 g/mol. The summed E-state index contributed by atoms with van der Waals surface area (Å²) in [5.41, 5.74) is 27.3. The summed E-state index contributed by atoms with van der Waals surface area (Å²) in [7, 11) is 0. The molecule has 7 rings (SSSR count). The van der Waals surface area contributed by atoms with E-state index < -0.39 is 120 Å². The Morgan fingerprint density at radius 2 is 0.968 bits per heavy atom. The average Bonchev–Trinajstić information content (AvgIpc) is 1.81. The van der Waals surface area contributed by atoms with Crippen molar-refractivity contribution < 1.29 is 53.4 Å². The molecule has 0 radical (unpaired) electrons. The Morgan fingerprint density at radius 3 is 1.48 bits per heavy atom. The number of aromatic nitrogens is 1. The predicted molar refractivity (Wildman–Crippen MR) is 350 cm³/mol. The summed E-state index contributed by atoms with van der Waals surface area (Å²) in [6.45, 7) is 2.84. The summed E-state index contributed by atoms with van der Waals surface area (Å²) in [4.78, 5) is 141. The first-order valence-electron chi connectivity index (χ1n) is 31.0. The summed E-state index contributed by atoms with van der Waals surface area (Å²) in [6.07, 6.45) is -0.0366. The van der Waals surface area contributed by atoms with Crippen molar-refractivity contribution >= 4 is 70.0 Å². The number of hydrogen-bond donors (Lipinski definition) is 16. The van der Waals surface area contributed by atoms with E-state index in [1.807, 2.05) is 18.2 Å². The molecule has 1 fully saturated rings. The lowest BCUT2D eigenvalue weighted by Gasteiger charge is -2.31. The molecule has 1 aromatic heterocycles. The first-order chi connectivity index (χ1) is 44.6. The Morgan fingerprint density at radius 1 is 0.527 bits per heavy atom. The van der Waals surface area contributed by atoms with Gasteiger partial charge in [-0.15, -0.1) is 0 Å². The lowest BCUT2D eigenvalue weighted by atomic mass is 10.00. The molecule has 1 unspecified atom stereocenters. The van der Waals surface area contributed by atoms with Crippen molar-refractivity contribution in [3.05, 3.63) is 174 Å². The van der Waals surface area contributed by atoms with Crippen molar-refractivity contribution in [1.29, 1.82) is 0 Å². The van der Waals surface area contributed by atoms with E-state index in [1.165, 1.54) is 26.0 Å². The number of H-pyrrole nitrogens is 1. The van der Waals surface area contributed by atoms with Gasteiger partial charge >= 0.3 is 0 Å². The molecule has 11 atom stereocenters. The zero-order chi connectivity index (χ0) is 67.0. The molecule has 1 aliphatic heterocycles. The molecule has 6 aromatic rings. The van der Waals surface area contributed by atoms with Crippen molar-refractivity contribution in [1.82, 2.24) is 52.8 Å². The van der Waals surface area contributed by atoms with Crippen LogP contribution in [0.3, 0.4) is 0 Å². The van der Waals surface area contributed by atoms with Crippen LogP contribution in [0.25, 0.3) is 10.9 Å². The van der Waals surface area contributed by atoms with E-state index in [1.54, 1.807) is 115 Å². The highest BCUT2D eigenvalue weighted by Gasteiger charge is 2.39. The van der Waals surface area contributed by atoms with Crippen molar-refractivity contribution in [2.24, 2.45) is 27.9 Å². The Balaban J connectivity index is 1.35. The van der Waals surface area contributed by atoms with Crippen LogP contribution in [0.15, 0.2) is 151 Å². The SMILES string of the molecule is CC1NC(=O)[C@H](Cc2ccccc2)NC(=O)[C@H]([C@@H](C)O)NC(=O)[C@H](CCCCN)NC(=O)[C@@H](Cc2c[nH]c3ccccc23)NC(=O)[C@H](Cc2ccccc2)NC(=O)[C@H](Cc2ccccc2)NC(=O)[C@H](CCCN=C(N)N)NC(=O)[C@@H]1NC(=O)[C@@H](N)Cc1ccc(O)cc1. The third-order valence-corrected chi connectivity index (χ3v) is 15.9. The van der Waals surface area contributed by atoms with E-state index in [2.05, 4.69) is 57.8 Å². The summed E-state index contributed by atoms with van der Waals surface area (Å²) in [5.74, 6) is -8.43. The second-order valence-electron chi connectivity index (χ2n) is 23.2. The van der Waals surface area contributed by atoms with E-state index in [9.17, 15) is 29.4 Å². The maximum Gasteiger partial charge on any atom is 0.245 e.